The zero-order valence-corrected chi connectivity index (χ0v) is 25.1. The number of carbonyl (C=O) groups excluding carboxylic acids is 2. The van der Waals surface area contributed by atoms with Gasteiger partial charge >= 0.3 is 5.97 Å². The SMILES string of the molecule is C#CCO[C@H](CC(C(C)C)N(C)C(=O)CCCC)c1nc(C(=O)NC(Cc2ccccc2)CC(C)C(=O)O)cs1. The number of aliphatic carboxylic acids is 1. The van der Waals surface area contributed by atoms with Gasteiger partial charge < -0.3 is 20.1 Å². The van der Waals surface area contributed by atoms with Gasteiger partial charge in [-0.3, -0.25) is 14.4 Å². The molecule has 0 aliphatic carbocycles. The number of ether oxygens (including phenoxy) is 1. The van der Waals surface area contributed by atoms with Crippen molar-refractivity contribution in [2.45, 2.75) is 84.4 Å². The van der Waals surface area contributed by atoms with Crippen LogP contribution in [0.3, 0.4) is 0 Å². The number of carboxylic acid groups (broad SMARTS) is 1. The monoisotopic (exact) mass is 569 g/mol. The maximum Gasteiger partial charge on any atom is 0.306 e. The predicted molar refractivity (Wildman–Crippen MR) is 158 cm³/mol. The normalized spacial score (nSPS) is 14.1. The lowest BCUT2D eigenvalue weighted by Crippen LogP contribution is -2.41. The number of nitrogens with zero attached hydrogens (tertiary/aromatic N) is 2. The fourth-order valence-electron chi connectivity index (χ4n) is 4.59. The van der Waals surface area contributed by atoms with E-state index in [-0.39, 0.29) is 48.5 Å². The third-order valence-electron chi connectivity index (χ3n) is 6.98. The van der Waals surface area contributed by atoms with E-state index in [1.54, 1.807) is 17.2 Å². The number of nitrogens with one attached hydrogen (secondary N) is 1. The summed E-state index contributed by atoms with van der Waals surface area (Å²) in [6.07, 6.45) is 8.57. The minimum Gasteiger partial charge on any atom is -0.481 e. The minimum absolute atomic E-state index is 0.0797. The second-order valence-corrected chi connectivity index (χ2v) is 11.5. The van der Waals surface area contributed by atoms with Crippen LogP contribution in [0.4, 0.5) is 0 Å². The Hall–Kier alpha value is -3.22. The number of unbranched alkanes of at least 4 members (excludes halogenated alkanes) is 1. The van der Waals surface area contributed by atoms with E-state index in [0.717, 1.165) is 18.4 Å². The number of hydrogen-bond donors (Lipinski definition) is 2. The van der Waals surface area contributed by atoms with E-state index in [0.29, 0.717) is 24.3 Å². The van der Waals surface area contributed by atoms with E-state index in [1.165, 1.54) is 11.3 Å². The molecule has 40 heavy (non-hydrogen) atoms. The molecule has 2 aromatic rings. The molecule has 2 N–H and O–H groups in total. The molecule has 218 valence electrons. The van der Waals surface area contributed by atoms with Gasteiger partial charge in [-0.05, 0) is 30.7 Å². The van der Waals surface area contributed by atoms with Gasteiger partial charge in [0.1, 0.15) is 23.4 Å². The van der Waals surface area contributed by atoms with Crippen LogP contribution in [0.2, 0.25) is 0 Å². The fourth-order valence-corrected chi connectivity index (χ4v) is 5.45. The van der Waals surface area contributed by atoms with Crippen molar-refractivity contribution in [1.29, 1.82) is 0 Å². The first-order valence-electron chi connectivity index (χ1n) is 13.9. The number of carboxylic acids is 1. The van der Waals surface area contributed by atoms with Crippen molar-refractivity contribution < 1.29 is 24.2 Å². The summed E-state index contributed by atoms with van der Waals surface area (Å²) in [5.74, 6) is 0.870. The van der Waals surface area contributed by atoms with Gasteiger partial charge in [0.05, 0.1) is 5.92 Å². The molecule has 4 atom stereocenters. The summed E-state index contributed by atoms with van der Waals surface area (Å²) in [6, 6.07) is 9.17. The molecule has 0 aliphatic heterocycles. The van der Waals surface area contributed by atoms with Crippen molar-refractivity contribution in [1.82, 2.24) is 15.2 Å². The van der Waals surface area contributed by atoms with E-state index in [4.69, 9.17) is 11.2 Å². The maximum atomic E-state index is 13.2. The molecule has 1 aromatic heterocycles. The number of thiazole rings is 1. The number of rotatable bonds is 17. The predicted octanol–water partition coefficient (Wildman–Crippen LogP) is 5.35. The summed E-state index contributed by atoms with van der Waals surface area (Å²) in [7, 11) is 1.83. The second kappa shape index (κ2) is 16.8. The van der Waals surface area contributed by atoms with Gasteiger partial charge in [0.15, 0.2) is 0 Å². The number of terminal acetylenes is 1. The van der Waals surface area contributed by atoms with Crippen LogP contribution in [-0.4, -0.2) is 58.5 Å². The molecule has 0 fully saturated rings. The minimum atomic E-state index is -0.908. The highest BCUT2D eigenvalue weighted by molar-refractivity contribution is 7.09. The average Bonchev–Trinajstić information content (AvgIpc) is 3.42. The van der Waals surface area contributed by atoms with E-state index in [9.17, 15) is 19.5 Å². The lowest BCUT2D eigenvalue weighted by atomic mass is 9.96. The van der Waals surface area contributed by atoms with Crippen LogP contribution < -0.4 is 5.32 Å². The molecule has 0 radical (unpaired) electrons. The molecule has 0 spiro atoms. The van der Waals surface area contributed by atoms with Crippen molar-refractivity contribution in [3.8, 4) is 12.3 Å². The molecule has 0 saturated carbocycles. The Balaban J connectivity index is 2.22. The molecule has 2 amide bonds. The number of amides is 2. The smallest absolute Gasteiger partial charge is 0.306 e. The Morgan fingerprint density at radius 1 is 1.18 bits per heavy atom. The maximum absolute atomic E-state index is 13.2. The molecule has 9 heteroatoms. The standard InChI is InChI=1S/C31H43N3O5S/c1-7-9-15-28(35)34(6)26(21(3)4)19-27(39-16-8-2)30-33-25(20-40-30)29(36)32-24(17-22(5)31(37)38)18-23-13-11-10-12-14-23/h2,10-14,20-22,24,26-27H,7,9,15-19H2,1,3-6H3,(H,32,36)(H,37,38)/t22?,24?,26?,27-/m1/s1. The first-order chi connectivity index (χ1) is 19.1. The quantitative estimate of drug-likeness (QED) is 0.249. The summed E-state index contributed by atoms with van der Waals surface area (Å²) in [5.41, 5.74) is 1.24. The summed E-state index contributed by atoms with van der Waals surface area (Å²) < 4.78 is 5.98. The Morgan fingerprint density at radius 2 is 1.88 bits per heavy atom. The van der Waals surface area contributed by atoms with E-state index < -0.39 is 18.0 Å². The van der Waals surface area contributed by atoms with Crippen molar-refractivity contribution >= 4 is 29.1 Å². The molecule has 0 bridgehead atoms. The Kier molecular flexibility index (Phi) is 13.8. The summed E-state index contributed by atoms with van der Waals surface area (Å²) in [6.45, 7) is 7.91. The Labute approximate surface area is 242 Å². The van der Waals surface area contributed by atoms with Crippen LogP contribution in [0.25, 0.3) is 0 Å². The van der Waals surface area contributed by atoms with Crippen molar-refractivity contribution in [2.75, 3.05) is 13.7 Å². The summed E-state index contributed by atoms with van der Waals surface area (Å²) >= 11 is 1.31. The molecule has 1 aromatic carbocycles. The highest BCUT2D eigenvalue weighted by Gasteiger charge is 2.30. The summed E-state index contributed by atoms with van der Waals surface area (Å²) in [5, 5.41) is 14.7. The van der Waals surface area contributed by atoms with Gasteiger partial charge in [-0.15, -0.1) is 17.8 Å². The Morgan fingerprint density at radius 3 is 2.48 bits per heavy atom. The second-order valence-electron chi connectivity index (χ2n) is 10.6. The molecule has 3 unspecified atom stereocenters. The van der Waals surface area contributed by atoms with Gasteiger partial charge in [0.25, 0.3) is 5.91 Å². The zero-order valence-electron chi connectivity index (χ0n) is 24.3. The van der Waals surface area contributed by atoms with Gasteiger partial charge in [-0.25, -0.2) is 4.98 Å². The van der Waals surface area contributed by atoms with E-state index in [1.807, 2.05) is 37.4 Å². The van der Waals surface area contributed by atoms with Crippen LogP contribution in [0.1, 0.15) is 87.0 Å². The topological polar surface area (TPSA) is 109 Å². The van der Waals surface area contributed by atoms with Gasteiger partial charge in [-0.2, -0.15) is 0 Å². The molecule has 2 rings (SSSR count). The number of benzene rings is 1. The third kappa shape index (κ3) is 10.4. The molecule has 0 saturated heterocycles. The molecule has 1 heterocycles. The first-order valence-corrected chi connectivity index (χ1v) is 14.8. The third-order valence-corrected chi connectivity index (χ3v) is 7.91. The van der Waals surface area contributed by atoms with Crippen LogP contribution in [-0.2, 0) is 20.7 Å². The van der Waals surface area contributed by atoms with E-state index >= 15 is 0 Å². The van der Waals surface area contributed by atoms with Crippen LogP contribution in [0.5, 0.6) is 0 Å². The zero-order chi connectivity index (χ0) is 29.7. The molecular formula is C31H43N3O5S. The van der Waals surface area contributed by atoms with Crippen LogP contribution >= 0.6 is 11.3 Å². The highest BCUT2D eigenvalue weighted by Crippen LogP contribution is 2.30. The lowest BCUT2D eigenvalue weighted by Gasteiger charge is -2.33. The first kappa shape index (κ1) is 33.0. The Bertz CT molecular complexity index is 1130. The van der Waals surface area contributed by atoms with E-state index in [2.05, 4.69) is 37.0 Å². The molecule has 8 nitrogen and oxygen atoms in total. The molecular weight excluding hydrogens is 526 g/mol. The lowest BCUT2D eigenvalue weighted by molar-refractivity contribution is -0.141. The number of carbonyl (C=O) groups is 3. The van der Waals surface area contributed by atoms with Gasteiger partial charge in [0.2, 0.25) is 5.91 Å². The fraction of sp³-hybridized carbons (Fsp3) is 0.548. The van der Waals surface area contributed by atoms with Crippen molar-refractivity contribution in [3.05, 3.63) is 52.0 Å². The number of aromatic nitrogens is 1. The van der Waals surface area contributed by atoms with Crippen molar-refractivity contribution in [3.63, 3.8) is 0 Å². The highest BCUT2D eigenvalue weighted by atomic mass is 32.1. The van der Waals surface area contributed by atoms with Crippen molar-refractivity contribution in [2.24, 2.45) is 11.8 Å². The summed E-state index contributed by atoms with van der Waals surface area (Å²) in [4.78, 5) is 43.9. The van der Waals surface area contributed by atoms with Crippen LogP contribution in [0.15, 0.2) is 35.7 Å². The largest absolute Gasteiger partial charge is 0.481 e. The average molecular weight is 570 g/mol. The van der Waals surface area contributed by atoms with Crippen LogP contribution in [0, 0.1) is 24.2 Å². The number of hydrogen-bond acceptors (Lipinski definition) is 6. The molecule has 0 aliphatic rings. The van der Waals surface area contributed by atoms with Gasteiger partial charge in [-0.1, -0.05) is 70.4 Å². The van der Waals surface area contributed by atoms with Gasteiger partial charge in [0, 0.05) is 37.4 Å².